The molecule has 3 heterocycles. The molecule has 3 aliphatic heterocycles. The quantitative estimate of drug-likeness (QED) is 0.639. The van der Waals surface area contributed by atoms with Crippen molar-refractivity contribution in [2.24, 2.45) is 0 Å². The highest BCUT2D eigenvalue weighted by atomic mass is 32.2. The number of carbonyl (C=O) groups is 1. The number of rotatable bonds is 0. The first-order valence-corrected chi connectivity index (χ1v) is 5.37. The van der Waals surface area contributed by atoms with Crippen molar-refractivity contribution in [2.75, 3.05) is 20.1 Å². The number of likely N-dealkylation sites (N-methyl/N-ethyl adjacent to an activating group) is 1. The third kappa shape index (κ3) is 0.877. The Labute approximate surface area is 86.6 Å². The minimum atomic E-state index is 0.136. The van der Waals surface area contributed by atoms with E-state index in [4.69, 9.17) is 0 Å². The van der Waals surface area contributed by atoms with Crippen LogP contribution in [0, 0.1) is 0 Å². The zero-order chi connectivity index (χ0) is 9.87. The summed E-state index contributed by atoms with van der Waals surface area (Å²) in [5, 5.41) is 4.20. The highest BCUT2D eigenvalue weighted by Crippen LogP contribution is 2.41. The van der Waals surface area contributed by atoms with E-state index in [1.807, 2.05) is 16.8 Å². The fourth-order valence-corrected chi connectivity index (χ4v) is 3.23. The molecule has 2 bridgehead atoms. The maximum absolute atomic E-state index is 11.7. The molecule has 0 radical (unpaired) electrons. The molecule has 1 fully saturated rings. The van der Waals surface area contributed by atoms with Crippen molar-refractivity contribution in [1.29, 1.82) is 0 Å². The van der Waals surface area contributed by atoms with Gasteiger partial charge in [0.15, 0.2) is 0 Å². The lowest BCUT2D eigenvalue weighted by Crippen LogP contribution is -2.33. The van der Waals surface area contributed by atoms with Crippen LogP contribution in [0.15, 0.2) is 22.2 Å². The first kappa shape index (κ1) is 8.23. The van der Waals surface area contributed by atoms with E-state index < -0.39 is 0 Å². The molecule has 1 saturated heterocycles. The average molecular weight is 209 g/mol. The first-order chi connectivity index (χ1) is 6.66. The van der Waals surface area contributed by atoms with Gasteiger partial charge in [-0.25, -0.2) is 4.79 Å². The van der Waals surface area contributed by atoms with E-state index in [-0.39, 0.29) is 12.1 Å². The number of urea groups is 1. The summed E-state index contributed by atoms with van der Waals surface area (Å²) in [5.74, 6) is 0. The molecule has 1 N–H and O–H groups in total. The fourth-order valence-electron chi connectivity index (χ4n) is 2.18. The van der Waals surface area contributed by atoms with E-state index in [0.29, 0.717) is 6.54 Å². The minimum Gasteiger partial charge on any atom is -0.352 e. The lowest BCUT2D eigenvalue weighted by molar-refractivity contribution is 0.201. The van der Waals surface area contributed by atoms with Crippen LogP contribution in [-0.4, -0.2) is 42.0 Å². The second-order valence-corrected chi connectivity index (χ2v) is 4.92. The van der Waals surface area contributed by atoms with Gasteiger partial charge < -0.3 is 15.1 Å². The van der Waals surface area contributed by atoms with Crippen molar-refractivity contribution in [1.82, 2.24) is 15.1 Å². The standard InChI is InChI=1S/C9H11N3OS/c1-5-10-6-3-12-4-7(8(6)14-5)11(2)9(12)13/h7,10H,1,3-4H2,2H3. The molecule has 4 nitrogen and oxygen atoms in total. The van der Waals surface area contributed by atoms with Gasteiger partial charge in [-0.05, 0) is 0 Å². The van der Waals surface area contributed by atoms with Gasteiger partial charge >= 0.3 is 6.03 Å². The summed E-state index contributed by atoms with van der Waals surface area (Å²) in [6.07, 6.45) is 0. The third-order valence-corrected chi connectivity index (χ3v) is 3.99. The van der Waals surface area contributed by atoms with Gasteiger partial charge in [-0.2, -0.15) is 0 Å². The Morgan fingerprint density at radius 3 is 3.21 bits per heavy atom. The van der Waals surface area contributed by atoms with Crippen LogP contribution in [0.3, 0.4) is 0 Å². The van der Waals surface area contributed by atoms with Gasteiger partial charge in [0.2, 0.25) is 0 Å². The SMILES string of the molecule is C=C1NC2=C(S1)C1CN(C2)C(=O)N1C. The van der Waals surface area contributed by atoms with Crippen LogP contribution >= 0.6 is 11.8 Å². The zero-order valence-corrected chi connectivity index (χ0v) is 8.73. The van der Waals surface area contributed by atoms with Gasteiger partial charge in [0.1, 0.15) is 0 Å². The van der Waals surface area contributed by atoms with E-state index in [9.17, 15) is 4.79 Å². The van der Waals surface area contributed by atoms with Gasteiger partial charge in [-0.1, -0.05) is 18.3 Å². The molecule has 0 saturated carbocycles. The maximum Gasteiger partial charge on any atom is 0.320 e. The summed E-state index contributed by atoms with van der Waals surface area (Å²) in [4.78, 5) is 16.6. The molecular weight excluding hydrogens is 198 g/mol. The van der Waals surface area contributed by atoms with Crippen molar-refractivity contribution in [3.63, 3.8) is 0 Å². The Morgan fingerprint density at radius 1 is 1.64 bits per heavy atom. The molecule has 0 aromatic rings. The van der Waals surface area contributed by atoms with Crippen LogP contribution < -0.4 is 5.32 Å². The van der Waals surface area contributed by atoms with E-state index >= 15 is 0 Å². The van der Waals surface area contributed by atoms with Gasteiger partial charge in [0.05, 0.1) is 17.6 Å². The summed E-state index contributed by atoms with van der Waals surface area (Å²) in [6.45, 7) is 5.43. The Balaban J connectivity index is 2.01. The fraction of sp³-hybridized carbons (Fsp3) is 0.444. The summed E-state index contributed by atoms with van der Waals surface area (Å²) >= 11 is 1.67. The average Bonchev–Trinajstić information content (AvgIpc) is 2.62. The molecule has 0 aliphatic carbocycles. The molecular formula is C9H11N3OS. The molecule has 74 valence electrons. The van der Waals surface area contributed by atoms with Crippen LogP contribution in [0.4, 0.5) is 4.79 Å². The molecule has 1 atom stereocenters. The molecule has 0 aromatic heterocycles. The molecule has 14 heavy (non-hydrogen) atoms. The molecule has 3 aliphatic rings. The number of carbonyl (C=O) groups excluding carboxylic acids is 1. The van der Waals surface area contributed by atoms with Crippen molar-refractivity contribution < 1.29 is 4.79 Å². The molecule has 3 rings (SSSR count). The largest absolute Gasteiger partial charge is 0.352 e. The molecule has 1 unspecified atom stereocenters. The van der Waals surface area contributed by atoms with Gasteiger partial charge in [0.25, 0.3) is 0 Å². The predicted molar refractivity (Wildman–Crippen MR) is 55.4 cm³/mol. The number of hydrogen-bond acceptors (Lipinski definition) is 3. The van der Waals surface area contributed by atoms with Crippen LogP contribution in [-0.2, 0) is 0 Å². The maximum atomic E-state index is 11.7. The van der Waals surface area contributed by atoms with Crippen molar-refractivity contribution in [2.45, 2.75) is 6.04 Å². The van der Waals surface area contributed by atoms with Crippen molar-refractivity contribution in [3.8, 4) is 0 Å². The van der Waals surface area contributed by atoms with Crippen molar-refractivity contribution in [3.05, 3.63) is 22.2 Å². The van der Waals surface area contributed by atoms with E-state index in [2.05, 4.69) is 11.9 Å². The Hall–Kier alpha value is -1.10. The smallest absolute Gasteiger partial charge is 0.320 e. The monoisotopic (exact) mass is 209 g/mol. The molecule has 2 amide bonds. The van der Waals surface area contributed by atoms with Gasteiger partial charge in [-0.15, -0.1) is 0 Å². The predicted octanol–water partition coefficient (Wildman–Crippen LogP) is 0.755. The summed E-state index contributed by atoms with van der Waals surface area (Å²) in [7, 11) is 1.87. The lowest BCUT2D eigenvalue weighted by Gasteiger charge is -2.22. The second kappa shape index (κ2) is 2.48. The number of nitrogens with zero attached hydrogens (tertiary/aromatic N) is 2. The number of thioether (sulfide) groups is 1. The zero-order valence-electron chi connectivity index (χ0n) is 7.91. The Morgan fingerprint density at radius 2 is 2.43 bits per heavy atom. The van der Waals surface area contributed by atoms with Crippen LogP contribution in [0.25, 0.3) is 0 Å². The highest BCUT2D eigenvalue weighted by molar-refractivity contribution is 8.07. The third-order valence-electron chi connectivity index (χ3n) is 2.91. The van der Waals surface area contributed by atoms with Crippen LogP contribution in [0.2, 0.25) is 0 Å². The number of amides is 2. The van der Waals surface area contributed by atoms with Crippen LogP contribution in [0.1, 0.15) is 0 Å². The van der Waals surface area contributed by atoms with E-state index in [1.165, 1.54) is 4.91 Å². The minimum absolute atomic E-state index is 0.136. The van der Waals surface area contributed by atoms with Crippen LogP contribution in [0.5, 0.6) is 0 Å². The Bertz CT molecular complexity index is 372. The topological polar surface area (TPSA) is 35.6 Å². The van der Waals surface area contributed by atoms with E-state index in [1.54, 1.807) is 11.8 Å². The lowest BCUT2D eigenvalue weighted by atomic mass is 10.1. The first-order valence-electron chi connectivity index (χ1n) is 4.55. The van der Waals surface area contributed by atoms with E-state index in [0.717, 1.165) is 17.3 Å². The molecule has 0 spiro atoms. The Kier molecular flexibility index (Phi) is 1.45. The van der Waals surface area contributed by atoms with Gasteiger partial charge in [-0.3, -0.25) is 0 Å². The molecule has 5 heteroatoms. The van der Waals surface area contributed by atoms with Crippen molar-refractivity contribution >= 4 is 17.8 Å². The number of hydrogen-bond donors (Lipinski definition) is 1. The number of fused-ring (bicyclic) bond motifs is 3. The highest BCUT2D eigenvalue weighted by Gasteiger charge is 2.44. The normalized spacial score (nSPS) is 29.9. The summed E-state index contributed by atoms with van der Waals surface area (Å²) in [5.41, 5.74) is 1.16. The number of nitrogens with one attached hydrogen (secondary N) is 1. The van der Waals surface area contributed by atoms with Gasteiger partial charge in [0, 0.05) is 24.2 Å². The molecule has 0 aromatic carbocycles. The summed E-state index contributed by atoms with van der Waals surface area (Å²) < 4.78 is 0. The summed E-state index contributed by atoms with van der Waals surface area (Å²) in [6, 6.07) is 0.375. The second-order valence-electron chi connectivity index (χ2n) is 3.78.